The Morgan fingerprint density at radius 2 is 1.81 bits per heavy atom. The van der Waals surface area contributed by atoms with Crippen LogP contribution in [0.5, 0.6) is 0 Å². The zero-order valence-electron chi connectivity index (χ0n) is 16.6. The summed E-state index contributed by atoms with van der Waals surface area (Å²) in [7, 11) is 0. The molecule has 0 bridgehead atoms. The molecule has 1 aromatic carbocycles. The molecule has 1 aromatic rings. The van der Waals surface area contributed by atoms with E-state index < -0.39 is 11.6 Å². The van der Waals surface area contributed by atoms with Gasteiger partial charge in [-0.1, -0.05) is 18.2 Å². The maximum Gasteiger partial charge on any atom is 0.410 e. The van der Waals surface area contributed by atoms with Gasteiger partial charge in [-0.2, -0.15) is 0 Å². The second-order valence-electron chi connectivity index (χ2n) is 8.47. The maximum absolute atomic E-state index is 13.1. The first kappa shape index (κ1) is 19.5. The van der Waals surface area contributed by atoms with Crippen molar-refractivity contribution < 1.29 is 14.3 Å². The number of para-hydroxylation sites is 1. The Labute approximate surface area is 161 Å². The van der Waals surface area contributed by atoms with Gasteiger partial charge in [0.15, 0.2) is 0 Å². The molecule has 6 heteroatoms. The number of likely N-dealkylation sites (tertiary alicyclic amines) is 2. The third-order valence-corrected chi connectivity index (χ3v) is 5.06. The fraction of sp³-hybridized carbons (Fsp3) is 0.619. The molecule has 0 aliphatic carbocycles. The number of rotatable bonds is 3. The highest BCUT2D eigenvalue weighted by Gasteiger charge is 2.38. The highest BCUT2D eigenvalue weighted by molar-refractivity contribution is 5.86. The number of nitrogens with one attached hydrogen (secondary N) is 1. The molecule has 2 fully saturated rings. The minimum Gasteiger partial charge on any atom is -0.444 e. The molecule has 2 aliphatic heterocycles. The average Bonchev–Trinajstić information content (AvgIpc) is 3.09. The van der Waals surface area contributed by atoms with E-state index in [2.05, 4.69) is 5.32 Å². The summed E-state index contributed by atoms with van der Waals surface area (Å²) < 4.78 is 5.52. The molecule has 2 heterocycles. The molecule has 27 heavy (non-hydrogen) atoms. The maximum atomic E-state index is 13.1. The molecule has 6 nitrogen and oxygen atoms in total. The Morgan fingerprint density at radius 3 is 2.52 bits per heavy atom. The second-order valence-corrected chi connectivity index (χ2v) is 8.47. The zero-order chi connectivity index (χ0) is 19.4. The lowest BCUT2D eigenvalue weighted by Gasteiger charge is -2.37. The number of amides is 2. The molecule has 0 saturated carbocycles. The van der Waals surface area contributed by atoms with Crippen LogP contribution >= 0.6 is 0 Å². The van der Waals surface area contributed by atoms with E-state index in [0.29, 0.717) is 19.5 Å². The van der Waals surface area contributed by atoms with Crippen LogP contribution in [0.4, 0.5) is 10.5 Å². The van der Waals surface area contributed by atoms with Gasteiger partial charge in [-0.05, 0) is 58.6 Å². The largest absolute Gasteiger partial charge is 0.444 e. The quantitative estimate of drug-likeness (QED) is 0.881. The molecule has 3 rings (SSSR count). The summed E-state index contributed by atoms with van der Waals surface area (Å²) in [6.07, 6.45) is 3.14. The fourth-order valence-electron chi connectivity index (χ4n) is 3.79. The number of hydrogen-bond donors (Lipinski definition) is 1. The summed E-state index contributed by atoms with van der Waals surface area (Å²) in [6.45, 7) is 7.54. The van der Waals surface area contributed by atoms with Crippen LogP contribution in [0.25, 0.3) is 0 Å². The van der Waals surface area contributed by atoms with E-state index in [1.807, 2.05) is 56.0 Å². The van der Waals surface area contributed by atoms with Crippen molar-refractivity contribution in [1.82, 2.24) is 9.80 Å². The van der Waals surface area contributed by atoms with Crippen molar-refractivity contribution in [3.8, 4) is 0 Å². The van der Waals surface area contributed by atoms with Gasteiger partial charge in [0.05, 0.1) is 0 Å². The highest BCUT2D eigenvalue weighted by Crippen LogP contribution is 2.24. The predicted octanol–water partition coefficient (Wildman–Crippen LogP) is 3.49. The Balaban J connectivity index is 1.60. The Hall–Kier alpha value is -2.24. The zero-order valence-corrected chi connectivity index (χ0v) is 16.6. The van der Waals surface area contributed by atoms with Gasteiger partial charge in [-0.25, -0.2) is 4.79 Å². The number of carbonyl (C=O) groups is 2. The van der Waals surface area contributed by atoms with Crippen LogP contribution in [0.15, 0.2) is 30.3 Å². The first-order valence-electron chi connectivity index (χ1n) is 9.93. The lowest BCUT2D eigenvalue weighted by molar-refractivity contribution is -0.137. The van der Waals surface area contributed by atoms with Crippen molar-refractivity contribution in [2.45, 2.75) is 64.1 Å². The van der Waals surface area contributed by atoms with Gasteiger partial charge in [0.25, 0.3) is 0 Å². The van der Waals surface area contributed by atoms with Gasteiger partial charge in [0.2, 0.25) is 5.91 Å². The molecule has 2 amide bonds. The summed E-state index contributed by atoms with van der Waals surface area (Å²) in [6, 6.07) is 9.91. The highest BCUT2D eigenvalue weighted by atomic mass is 16.6. The first-order valence-corrected chi connectivity index (χ1v) is 9.93. The van der Waals surface area contributed by atoms with Crippen LogP contribution in [0.3, 0.4) is 0 Å². The van der Waals surface area contributed by atoms with Gasteiger partial charge < -0.3 is 15.0 Å². The van der Waals surface area contributed by atoms with E-state index in [0.717, 1.165) is 31.5 Å². The summed E-state index contributed by atoms with van der Waals surface area (Å²) >= 11 is 0. The Morgan fingerprint density at radius 1 is 1.07 bits per heavy atom. The van der Waals surface area contributed by atoms with Crippen molar-refractivity contribution in [1.29, 1.82) is 0 Å². The molecule has 2 saturated heterocycles. The predicted molar refractivity (Wildman–Crippen MR) is 106 cm³/mol. The molecule has 0 spiro atoms. The lowest BCUT2D eigenvalue weighted by atomic mass is 10.0. The summed E-state index contributed by atoms with van der Waals surface area (Å²) in [5, 5.41) is 3.49. The van der Waals surface area contributed by atoms with Crippen LogP contribution in [0.2, 0.25) is 0 Å². The molecule has 2 aliphatic rings. The number of benzene rings is 1. The molecule has 2 atom stereocenters. The third kappa shape index (κ3) is 5.15. The van der Waals surface area contributed by atoms with Crippen LogP contribution in [-0.2, 0) is 9.53 Å². The summed E-state index contributed by atoms with van der Waals surface area (Å²) in [5.74, 6) is 0.0536. The summed E-state index contributed by atoms with van der Waals surface area (Å²) in [4.78, 5) is 29.2. The van der Waals surface area contributed by atoms with E-state index in [-0.39, 0.29) is 18.0 Å². The van der Waals surface area contributed by atoms with Gasteiger partial charge in [0, 0.05) is 31.4 Å². The summed E-state index contributed by atoms with van der Waals surface area (Å²) in [5.41, 5.74) is 0.519. The monoisotopic (exact) mass is 373 g/mol. The topological polar surface area (TPSA) is 61.9 Å². The number of hydrogen-bond acceptors (Lipinski definition) is 4. The minimum absolute atomic E-state index is 0.0536. The van der Waals surface area contributed by atoms with Crippen molar-refractivity contribution >= 4 is 17.7 Å². The average molecular weight is 373 g/mol. The number of anilines is 1. The van der Waals surface area contributed by atoms with Gasteiger partial charge >= 0.3 is 6.09 Å². The SMILES string of the molecule is CC(C)(C)OC(=O)N1CCCCC1C(=O)N1CCC(Nc2ccccc2)C1. The fourth-order valence-corrected chi connectivity index (χ4v) is 3.79. The van der Waals surface area contributed by atoms with Gasteiger partial charge in [0.1, 0.15) is 11.6 Å². The molecule has 0 aromatic heterocycles. The second kappa shape index (κ2) is 8.19. The van der Waals surface area contributed by atoms with Crippen LogP contribution in [-0.4, -0.2) is 59.1 Å². The molecule has 2 unspecified atom stereocenters. The van der Waals surface area contributed by atoms with Crippen molar-refractivity contribution in [2.24, 2.45) is 0 Å². The smallest absolute Gasteiger partial charge is 0.410 e. The molecule has 0 radical (unpaired) electrons. The molecule has 1 N–H and O–H groups in total. The van der Waals surface area contributed by atoms with Gasteiger partial charge in [-0.3, -0.25) is 9.69 Å². The molecule has 148 valence electrons. The van der Waals surface area contributed by atoms with Crippen LogP contribution in [0.1, 0.15) is 46.5 Å². The van der Waals surface area contributed by atoms with E-state index in [1.54, 1.807) is 4.90 Å². The third-order valence-electron chi connectivity index (χ3n) is 5.06. The van der Waals surface area contributed by atoms with E-state index >= 15 is 0 Å². The van der Waals surface area contributed by atoms with E-state index in [9.17, 15) is 9.59 Å². The molecular weight excluding hydrogens is 342 g/mol. The van der Waals surface area contributed by atoms with Crippen molar-refractivity contribution in [3.05, 3.63) is 30.3 Å². The number of nitrogens with zero attached hydrogens (tertiary/aromatic N) is 2. The molecular formula is C21H31N3O3. The lowest BCUT2D eigenvalue weighted by Crippen LogP contribution is -2.53. The van der Waals surface area contributed by atoms with Crippen LogP contribution < -0.4 is 5.32 Å². The minimum atomic E-state index is -0.555. The van der Waals surface area contributed by atoms with Crippen molar-refractivity contribution in [2.75, 3.05) is 25.0 Å². The Kier molecular flexibility index (Phi) is 5.92. The van der Waals surface area contributed by atoms with E-state index in [1.165, 1.54) is 0 Å². The van der Waals surface area contributed by atoms with E-state index in [4.69, 9.17) is 4.74 Å². The van der Waals surface area contributed by atoms with Gasteiger partial charge in [-0.15, -0.1) is 0 Å². The van der Waals surface area contributed by atoms with Crippen molar-refractivity contribution in [3.63, 3.8) is 0 Å². The number of piperidine rings is 1. The number of ether oxygens (including phenoxy) is 1. The standard InChI is InChI=1S/C21H31N3O3/c1-21(2,3)27-20(26)24-13-8-7-11-18(24)19(25)23-14-12-17(15-23)22-16-9-5-4-6-10-16/h4-6,9-10,17-18,22H,7-8,11-15H2,1-3H3. The number of carbonyl (C=O) groups excluding carboxylic acids is 2. The normalized spacial score (nSPS) is 23.2. The first-order chi connectivity index (χ1) is 12.8. The van der Waals surface area contributed by atoms with Crippen LogP contribution in [0, 0.1) is 0 Å². The Bertz CT molecular complexity index is 656.